The molecule has 1 aromatic rings. The van der Waals surface area contributed by atoms with Crippen LogP contribution in [-0.2, 0) is 9.84 Å². The van der Waals surface area contributed by atoms with Crippen LogP contribution in [0.2, 0.25) is 0 Å². The van der Waals surface area contributed by atoms with E-state index in [0.29, 0.717) is 12.8 Å². The van der Waals surface area contributed by atoms with Crippen LogP contribution in [0.3, 0.4) is 0 Å². The fraction of sp³-hybridized carbons (Fsp3) is 0.400. The van der Waals surface area contributed by atoms with Crippen LogP contribution in [0.1, 0.15) is 30.3 Å². The fourth-order valence-corrected chi connectivity index (χ4v) is 3.16. The predicted octanol–water partition coefficient (Wildman–Crippen LogP) is -2.21. The minimum atomic E-state index is -3.62. The van der Waals surface area contributed by atoms with Gasteiger partial charge in [-0.2, -0.15) is 0 Å². The number of halogens is 1. The maximum atomic E-state index is 11.9. The molecule has 5 nitrogen and oxygen atoms in total. The molecule has 0 aliphatic rings. The molecular formula is C10H11BrNNaO4S. The van der Waals surface area contributed by atoms with Crippen LogP contribution >= 0.6 is 15.9 Å². The van der Waals surface area contributed by atoms with Gasteiger partial charge in [0, 0.05) is 0 Å². The first-order valence-electron chi connectivity index (χ1n) is 4.99. The van der Waals surface area contributed by atoms with Gasteiger partial charge in [-0.1, -0.05) is 13.3 Å². The average molecular weight is 344 g/mol. The average Bonchev–Trinajstić information content (AvgIpc) is 2.26. The molecule has 0 aliphatic heterocycles. The van der Waals surface area contributed by atoms with Gasteiger partial charge >= 0.3 is 29.6 Å². The smallest absolute Gasteiger partial charge is 0.543 e. The number of sulfone groups is 1. The molecule has 8 heteroatoms. The van der Waals surface area contributed by atoms with E-state index < -0.39 is 21.5 Å². The molecule has 0 spiro atoms. The van der Waals surface area contributed by atoms with Gasteiger partial charge in [0.25, 0.3) is 0 Å². The zero-order valence-corrected chi connectivity index (χ0v) is 14.5. The van der Waals surface area contributed by atoms with Gasteiger partial charge < -0.3 is 9.90 Å². The third-order valence-corrected chi connectivity index (χ3v) is 4.39. The Hall–Kier alpha value is 0.0500. The third-order valence-electron chi connectivity index (χ3n) is 2.12. The molecule has 0 unspecified atom stereocenters. The van der Waals surface area contributed by atoms with Gasteiger partial charge in [0.1, 0.15) is 10.3 Å². The minimum Gasteiger partial charge on any atom is -0.543 e. The summed E-state index contributed by atoms with van der Waals surface area (Å²) >= 11 is 2.99. The van der Waals surface area contributed by atoms with Crippen molar-refractivity contribution in [1.82, 2.24) is 4.98 Å². The molecule has 0 fully saturated rings. The van der Waals surface area contributed by atoms with Crippen LogP contribution in [0.15, 0.2) is 21.6 Å². The molecule has 1 heterocycles. The number of carboxylic acid groups (broad SMARTS) is 1. The molecule has 0 atom stereocenters. The molecule has 0 saturated heterocycles. The number of carboxylic acids is 1. The molecule has 0 N–H and O–H groups in total. The van der Waals surface area contributed by atoms with Gasteiger partial charge in [-0.3, -0.25) is 0 Å². The van der Waals surface area contributed by atoms with Gasteiger partial charge in [0.15, 0.2) is 9.84 Å². The van der Waals surface area contributed by atoms with Crippen molar-refractivity contribution in [3.63, 3.8) is 0 Å². The van der Waals surface area contributed by atoms with E-state index in [0.717, 1.165) is 0 Å². The SMILES string of the molecule is CCCCS(=O)(=O)c1ccc(Br)nc1C(=O)[O-].[Na+]. The van der Waals surface area contributed by atoms with Crippen molar-refractivity contribution in [2.45, 2.75) is 24.7 Å². The normalized spacial score (nSPS) is 10.8. The van der Waals surface area contributed by atoms with E-state index in [1.165, 1.54) is 12.1 Å². The van der Waals surface area contributed by atoms with Crippen LogP contribution in [0.4, 0.5) is 0 Å². The van der Waals surface area contributed by atoms with E-state index in [4.69, 9.17) is 0 Å². The quantitative estimate of drug-likeness (QED) is 0.446. The largest absolute Gasteiger partial charge is 1.00 e. The third kappa shape index (κ3) is 4.62. The second kappa shape index (κ2) is 7.59. The van der Waals surface area contributed by atoms with Gasteiger partial charge in [-0.05, 0) is 34.5 Å². The number of nitrogens with zero attached hydrogens (tertiary/aromatic N) is 1. The Bertz CT molecular complexity index is 533. The molecule has 0 aliphatic carbocycles. The van der Waals surface area contributed by atoms with Gasteiger partial charge in [-0.25, -0.2) is 13.4 Å². The Morgan fingerprint density at radius 2 is 2.06 bits per heavy atom. The number of unbranched alkanes of at least 4 members (excludes halogenated alkanes) is 1. The summed E-state index contributed by atoms with van der Waals surface area (Å²) < 4.78 is 24.0. The number of pyridine rings is 1. The second-order valence-corrected chi connectivity index (χ2v) is 6.33. The number of hydrogen-bond acceptors (Lipinski definition) is 5. The number of hydrogen-bond donors (Lipinski definition) is 0. The summed E-state index contributed by atoms with van der Waals surface area (Å²) in [5.41, 5.74) is -0.546. The van der Waals surface area contributed by atoms with Crippen molar-refractivity contribution in [2.75, 3.05) is 5.75 Å². The van der Waals surface area contributed by atoms with Crippen LogP contribution < -0.4 is 34.7 Å². The Kier molecular flexibility index (Phi) is 7.61. The minimum absolute atomic E-state index is 0. The summed E-state index contributed by atoms with van der Waals surface area (Å²) in [6.45, 7) is 1.86. The molecule has 0 saturated carbocycles. The Balaban J connectivity index is 0.00000289. The maximum Gasteiger partial charge on any atom is 1.00 e. The van der Waals surface area contributed by atoms with E-state index in [-0.39, 0.29) is 44.8 Å². The van der Waals surface area contributed by atoms with Gasteiger partial charge in [-0.15, -0.1) is 0 Å². The van der Waals surface area contributed by atoms with Crippen LogP contribution in [0, 0.1) is 0 Å². The summed E-state index contributed by atoms with van der Waals surface area (Å²) in [4.78, 5) is 14.2. The molecule has 0 amide bonds. The van der Waals surface area contributed by atoms with Crippen molar-refractivity contribution >= 4 is 31.7 Å². The Morgan fingerprint density at radius 3 is 2.56 bits per heavy atom. The first kappa shape index (κ1) is 18.0. The number of rotatable bonds is 5. The van der Waals surface area contributed by atoms with E-state index in [1.54, 1.807) is 0 Å². The monoisotopic (exact) mass is 343 g/mol. The summed E-state index contributed by atoms with van der Waals surface area (Å²) in [5.74, 6) is -1.69. The van der Waals surface area contributed by atoms with E-state index in [1.807, 2.05) is 6.92 Å². The van der Waals surface area contributed by atoms with E-state index in [9.17, 15) is 18.3 Å². The molecule has 1 aromatic heterocycles. The number of carbonyl (C=O) groups excluding carboxylic acids is 1. The van der Waals surface area contributed by atoms with Crippen molar-refractivity contribution in [3.05, 3.63) is 22.4 Å². The standard InChI is InChI=1S/C10H12BrNO4S.Na/c1-2-3-6-17(15,16)7-4-5-8(11)12-9(7)10(13)14;/h4-5H,2-3,6H2,1H3,(H,13,14);/q;+1/p-1. The molecule has 0 bridgehead atoms. The second-order valence-electron chi connectivity index (χ2n) is 3.44. The van der Waals surface area contributed by atoms with Crippen molar-refractivity contribution in [1.29, 1.82) is 0 Å². The number of carbonyl (C=O) groups is 1. The molecular weight excluding hydrogens is 333 g/mol. The Labute approximate surface area is 136 Å². The molecule has 0 radical (unpaired) electrons. The number of aromatic nitrogens is 1. The zero-order chi connectivity index (χ0) is 13.1. The summed E-state index contributed by atoms with van der Waals surface area (Å²) in [6, 6.07) is 2.62. The van der Waals surface area contributed by atoms with Crippen molar-refractivity contribution < 1.29 is 47.9 Å². The topological polar surface area (TPSA) is 87.2 Å². The zero-order valence-electron chi connectivity index (χ0n) is 10.1. The Morgan fingerprint density at radius 1 is 1.44 bits per heavy atom. The fourth-order valence-electron chi connectivity index (χ4n) is 1.26. The van der Waals surface area contributed by atoms with Gasteiger partial charge in [0.2, 0.25) is 0 Å². The molecule has 18 heavy (non-hydrogen) atoms. The van der Waals surface area contributed by atoms with Crippen molar-refractivity contribution in [3.8, 4) is 0 Å². The van der Waals surface area contributed by atoms with E-state index in [2.05, 4.69) is 20.9 Å². The van der Waals surface area contributed by atoms with Crippen LogP contribution in [0.5, 0.6) is 0 Å². The van der Waals surface area contributed by atoms with E-state index >= 15 is 0 Å². The maximum absolute atomic E-state index is 11.9. The summed E-state index contributed by atoms with van der Waals surface area (Å²) in [7, 11) is -3.62. The summed E-state index contributed by atoms with van der Waals surface area (Å²) in [5, 5.41) is 10.8. The summed E-state index contributed by atoms with van der Waals surface area (Å²) in [6.07, 6.45) is 1.19. The number of aromatic carboxylic acids is 1. The predicted molar refractivity (Wildman–Crippen MR) is 63.2 cm³/mol. The van der Waals surface area contributed by atoms with Crippen LogP contribution in [0.25, 0.3) is 0 Å². The molecule has 94 valence electrons. The molecule has 1 rings (SSSR count). The van der Waals surface area contributed by atoms with Gasteiger partial charge in [0.05, 0.1) is 16.6 Å². The van der Waals surface area contributed by atoms with Crippen molar-refractivity contribution in [2.24, 2.45) is 0 Å². The van der Waals surface area contributed by atoms with Crippen LogP contribution in [-0.4, -0.2) is 25.1 Å². The molecule has 0 aromatic carbocycles. The first-order chi connectivity index (χ1) is 7.88. The first-order valence-corrected chi connectivity index (χ1v) is 7.43.